The Morgan fingerprint density at radius 1 is 1.17 bits per heavy atom. The minimum Gasteiger partial charge on any atom is -0.387 e. The maximum absolute atomic E-state index is 10.0. The van der Waals surface area contributed by atoms with Crippen LogP contribution in [0.3, 0.4) is 0 Å². The monoisotopic (exact) mass is 329 g/mol. The highest BCUT2D eigenvalue weighted by atomic mass is 32.1. The van der Waals surface area contributed by atoms with Gasteiger partial charge in [0.05, 0.1) is 11.0 Å². The van der Waals surface area contributed by atoms with Gasteiger partial charge >= 0.3 is 0 Å². The van der Waals surface area contributed by atoms with Crippen molar-refractivity contribution in [3.8, 4) is 10.7 Å². The summed E-state index contributed by atoms with van der Waals surface area (Å²) in [6.45, 7) is 1.33. The van der Waals surface area contributed by atoms with Crippen molar-refractivity contribution in [2.45, 2.75) is 18.9 Å². The first-order valence-electron chi connectivity index (χ1n) is 7.63. The molecule has 2 aromatic heterocycles. The van der Waals surface area contributed by atoms with Crippen LogP contribution in [0.1, 0.15) is 24.0 Å². The van der Waals surface area contributed by atoms with E-state index in [1.54, 1.807) is 11.3 Å². The van der Waals surface area contributed by atoms with Crippen LogP contribution in [0.15, 0.2) is 52.4 Å². The predicted octanol–water partition coefficient (Wildman–Crippen LogP) is 3.05. The SMILES string of the molecule is O[C@H](CNCCCc1nc(-c2cccs2)no1)c1ccccc1. The molecule has 0 spiro atoms. The van der Waals surface area contributed by atoms with Crippen LogP contribution in [0.4, 0.5) is 0 Å². The van der Waals surface area contributed by atoms with E-state index in [4.69, 9.17) is 4.52 Å². The van der Waals surface area contributed by atoms with Crippen LogP contribution < -0.4 is 5.32 Å². The molecule has 0 fully saturated rings. The zero-order chi connectivity index (χ0) is 15.9. The van der Waals surface area contributed by atoms with E-state index in [0.717, 1.165) is 29.8 Å². The van der Waals surface area contributed by atoms with Crippen LogP contribution in [0, 0.1) is 0 Å². The lowest BCUT2D eigenvalue weighted by Crippen LogP contribution is -2.22. The lowest BCUT2D eigenvalue weighted by Gasteiger charge is -2.11. The Labute approximate surface area is 139 Å². The van der Waals surface area contributed by atoms with Crippen molar-refractivity contribution < 1.29 is 9.63 Å². The van der Waals surface area contributed by atoms with Gasteiger partial charge in [-0.2, -0.15) is 4.98 Å². The van der Waals surface area contributed by atoms with Crippen LogP contribution in [0.25, 0.3) is 10.7 Å². The van der Waals surface area contributed by atoms with Gasteiger partial charge < -0.3 is 14.9 Å². The molecule has 2 N–H and O–H groups in total. The summed E-state index contributed by atoms with van der Waals surface area (Å²) in [6, 6.07) is 13.6. The Morgan fingerprint density at radius 2 is 2.04 bits per heavy atom. The molecule has 3 rings (SSSR count). The molecule has 0 radical (unpaired) electrons. The van der Waals surface area contributed by atoms with Gasteiger partial charge in [-0.15, -0.1) is 11.3 Å². The van der Waals surface area contributed by atoms with E-state index in [-0.39, 0.29) is 0 Å². The van der Waals surface area contributed by atoms with Crippen molar-refractivity contribution in [3.05, 3.63) is 59.3 Å². The third-order valence-corrected chi connectivity index (χ3v) is 4.34. The smallest absolute Gasteiger partial charge is 0.227 e. The number of hydrogen-bond acceptors (Lipinski definition) is 6. The maximum atomic E-state index is 10.0. The largest absolute Gasteiger partial charge is 0.387 e. The first-order valence-corrected chi connectivity index (χ1v) is 8.51. The molecule has 0 aliphatic heterocycles. The van der Waals surface area contributed by atoms with E-state index in [1.165, 1.54) is 0 Å². The molecular weight excluding hydrogens is 310 g/mol. The lowest BCUT2D eigenvalue weighted by atomic mass is 10.1. The summed E-state index contributed by atoms with van der Waals surface area (Å²) in [5, 5.41) is 19.3. The standard InChI is InChI=1S/C17H19N3O2S/c21-14(13-6-2-1-3-7-13)12-18-10-4-9-16-19-17(20-22-16)15-8-5-11-23-15/h1-3,5-8,11,14,18,21H,4,9-10,12H2/t14-/m1/s1. The Kier molecular flexibility index (Phi) is 5.52. The van der Waals surface area contributed by atoms with Crippen molar-refractivity contribution in [2.75, 3.05) is 13.1 Å². The van der Waals surface area contributed by atoms with Crippen LogP contribution in [-0.4, -0.2) is 28.3 Å². The summed E-state index contributed by atoms with van der Waals surface area (Å²) in [5.41, 5.74) is 0.928. The van der Waals surface area contributed by atoms with Gasteiger partial charge in [0, 0.05) is 13.0 Å². The molecule has 23 heavy (non-hydrogen) atoms. The number of nitrogens with zero attached hydrogens (tertiary/aromatic N) is 2. The van der Waals surface area contributed by atoms with Gasteiger partial charge in [0.15, 0.2) is 0 Å². The van der Waals surface area contributed by atoms with Crippen molar-refractivity contribution in [1.29, 1.82) is 0 Å². The van der Waals surface area contributed by atoms with E-state index in [0.29, 0.717) is 18.3 Å². The average Bonchev–Trinajstić information content (AvgIpc) is 3.26. The second kappa shape index (κ2) is 8.01. The molecular formula is C17H19N3O2S. The van der Waals surface area contributed by atoms with Gasteiger partial charge in [0.1, 0.15) is 0 Å². The normalized spacial score (nSPS) is 12.4. The molecule has 3 aromatic rings. The number of benzene rings is 1. The fourth-order valence-electron chi connectivity index (χ4n) is 2.26. The van der Waals surface area contributed by atoms with E-state index in [1.807, 2.05) is 47.8 Å². The maximum Gasteiger partial charge on any atom is 0.227 e. The van der Waals surface area contributed by atoms with Gasteiger partial charge in [-0.1, -0.05) is 41.6 Å². The Morgan fingerprint density at radius 3 is 2.83 bits per heavy atom. The molecule has 1 atom stereocenters. The van der Waals surface area contributed by atoms with E-state index in [2.05, 4.69) is 15.5 Å². The molecule has 0 aliphatic carbocycles. The second-order valence-corrected chi connectivity index (χ2v) is 6.17. The van der Waals surface area contributed by atoms with Crippen LogP contribution in [0.2, 0.25) is 0 Å². The molecule has 0 bridgehead atoms. The minimum absolute atomic E-state index is 0.481. The van der Waals surface area contributed by atoms with Crippen molar-refractivity contribution in [3.63, 3.8) is 0 Å². The number of aryl methyl sites for hydroxylation is 1. The third kappa shape index (κ3) is 4.48. The number of hydrogen-bond donors (Lipinski definition) is 2. The zero-order valence-electron chi connectivity index (χ0n) is 12.7. The first kappa shape index (κ1) is 15.9. The summed E-state index contributed by atoms with van der Waals surface area (Å²) in [6.07, 6.45) is 1.13. The van der Waals surface area contributed by atoms with E-state index < -0.39 is 6.10 Å². The first-order chi connectivity index (χ1) is 11.3. The number of aliphatic hydroxyl groups is 1. The number of thiophene rings is 1. The molecule has 0 saturated heterocycles. The van der Waals surface area contributed by atoms with Crippen LogP contribution in [0.5, 0.6) is 0 Å². The molecule has 0 unspecified atom stereocenters. The average molecular weight is 329 g/mol. The fraction of sp³-hybridized carbons (Fsp3) is 0.294. The Bertz CT molecular complexity index is 698. The van der Waals surface area contributed by atoms with Gasteiger partial charge in [-0.3, -0.25) is 0 Å². The molecule has 0 amide bonds. The molecule has 2 heterocycles. The Balaban J connectivity index is 1.37. The van der Waals surface area contributed by atoms with Gasteiger partial charge in [-0.05, 0) is 30.0 Å². The predicted molar refractivity (Wildman–Crippen MR) is 90.2 cm³/mol. The van der Waals surface area contributed by atoms with E-state index in [9.17, 15) is 5.11 Å². The number of nitrogens with one attached hydrogen (secondary N) is 1. The summed E-state index contributed by atoms with van der Waals surface area (Å²) >= 11 is 1.60. The topological polar surface area (TPSA) is 71.2 Å². The van der Waals surface area contributed by atoms with Gasteiger partial charge in [-0.25, -0.2) is 0 Å². The lowest BCUT2D eigenvalue weighted by molar-refractivity contribution is 0.174. The van der Waals surface area contributed by atoms with E-state index >= 15 is 0 Å². The highest BCUT2D eigenvalue weighted by Crippen LogP contribution is 2.21. The molecule has 0 aliphatic rings. The summed E-state index contributed by atoms with van der Waals surface area (Å²) in [4.78, 5) is 5.41. The summed E-state index contributed by atoms with van der Waals surface area (Å²) < 4.78 is 5.25. The van der Waals surface area contributed by atoms with Crippen molar-refractivity contribution in [2.24, 2.45) is 0 Å². The third-order valence-electron chi connectivity index (χ3n) is 3.48. The Hall–Kier alpha value is -2.02. The highest BCUT2D eigenvalue weighted by Gasteiger charge is 2.09. The second-order valence-electron chi connectivity index (χ2n) is 5.22. The molecule has 0 saturated carbocycles. The van der Waals surface area contributed by atoms with Crippen LogP contribution >= 0.6 is 11.3 Å². The summed E-state index contributed by atoms with van der Waals surface area (Å²) in [7, 11) is 0. The van der Waals surface area contributed by atoms with Gasteiger partial charge in [0.2, 0.25) is 11.7 Å². The number of aliphatic hydroxyl groups excluding tert-OH is 1. The zero-order valence-corrected chi connectivity index (χ0v) is 13.5. The van der Waals surface area contributed by atoms with Crippen molar-refractivity contribution in [1.82, 2.24) is 15.5 Å². The van der Waals surface area contributed by atoms with Crippen molar-refractivity contribution >= 4 is 11.3 Å². The van der Waals surface area contributed by atoms with Gasteiger partial charge in [0.25, 0.3) is 0 Å². The minimum atomic E-state index is -0.481. The molecule has 6 heteroatoms. The highest BCUT2D eigenvalue weighted by molar-refractivity contribution is 7.13. The number of aromatic nitrogens is 2. The molecule has 5 nitrogen and oxygen atoms in total. The quantitative estimate of drug-likeness (QED) is 0.622. The molecule has 1 aromatic carbocycles. The number of rotatable bonds is 8. The summed E-state index contributed by atoms with van der Waals surface area (Å²) in [5.74, 6) is 1.31. The molecule has 120 valence electrons. The fourth-order valence-corrected chi connectivity index (χ4v) is 2.91. The van der Waals surface area contributed by atoms with Crippen LogP contribution in [-0.2, 0) is 6.42 Å².